The lowest BCUT2D eigenvalue weighted by molar-refractivity contribution is 0.470. The molecule has 0 heterocycles. The van der Waals surface area contributed by atoms with Gasteiger partial charge in [-0.3, -0.25) is 0 Å². The third-order valence-electron chi connectivity index (χ3n) is 4.82. The number of nitrogens with two attached hydrogens (primary N) is 1. The summed E-state index contributed by atoms with van der Waals surface area (Å²) in [4.78, 5) is 0. The molecule has 8 heteroatoms. The van der Waals surface area contributed by atoms with E-state index in [1.165, 1.54) is 11.1 Å². The van der Waals surface area contributed by atoms with Crippen molar-refractivity contribution in [1.29, 1.82) is 0 Å². The van der Waals surface area contributed by atoms with Gasteiger partial charge in [-0.2, -0.15) is 13.1 Å². The molecule has 0 amide bonds. The van der Waals surface area contributed by atoms with Gasteiger partial charge in [0, 0.05) is 18.5 Å². The predicted octanol–water partition coefficient (Wildman–Crippen LogP) is 3.47. The van der Waals surface area contributed by atoms with Gasteiger partial charge in [0.05, 0.1) is 10.0 Å². The van der Waals surface area contributed by atoms with Crippen LogP contribution in [0.25, 0.3) is 0 Å². The van der Waals surface area contributed by atoms with Gasteiger partial charge in [-0.15, -0.1) is 0 Å². The Labute approximate surface area is 164 Å². The fraction of sp³-hybridized carbons (Fsp3) is 0.333. The Morgan fingerprint density at radius 2 is 1.85 bits per heavy atom. The summed E-state index contributed by atoms with van der Waals surface area (Å²) >= 11 is 12.3. The molecule has 0 radical (unpaired) electrons. The topological polar surface area (TPSA) is 84.2 Å². The van der Waals surface area contributed by atoms with Crippen molar-refractivity contribution in [3.63, 3.8) is 0 Å². The van der Waals surface area contributed by atoms with Crippen LogP contribution < -0.4 is 15.2 Å². The predicted molar refractivity (Wildman–Crippen MR) is 106 cm³/mol. The quantitative estimate of drug-likeness (QED) is 0.701. The zero-order valence-electron chi connectivity index (χ0n) is 14.3. The average Bonchev–Trinajstić information content (AvgIpc) is 2.60. The van der Waals surface area contributed by atoms with Gasteiger partial charge >= 0.3 is 0 Å². The fourth-order valence-corrected chi connectivity index (χ4v) is 4.23. The highest BCUT2D eigenvalue weighted by Crippen LogP contribution is 2.42. The zero-order valence-corrected chi connectivity index (χ0v) is 16.6. The number of fused-ring (bicyclic) bond motifs is 1. The standard InChI is InChI=1S/C18H21Cl2N3O2S/c1-22-18-7-5-13(12-3-6-16(19)17(20)9-12)14-4-2-11(8-15(14)18)10-23-26(21,24)25/h2-4,6,8-9,13,18,22-23H,5,7,10H2,1H3,(H2,21,24,25)/t13-,18-/m0/s1. The first-order valence-electron chi connectivity index (χ1n) is 8.31. The van der Waals surface area contributed by atoms with Crippen LogP contribution >= 0.6 is 23.2 Å². The Bertz CT molecular complexity index is 919. The molecule has 0 saturated heterocycles. The highest BCUT2D eigenvalue weighted by atomic mass is 35.5. The van der Waals surface area contributed by atoms with E-state index < -0.39 is 10.2 Å². The van der Waals surface area contributed by atoms with Crippen LogP contribution in [-0.2, 0) is 16.8 Å². The SMILES string of the molecule is CN[C@H]1CC[C@@H](c2ccc(Cl)c(Cl)c2)c2ccc(CNS(N)(=O)=O)cc21. The Kier molecular flexibility index (Phi) is 5.91. The maximum atomic E-state index is 11.1. The molecule has 0 spiro atoms. The van der Waals surface area contributed by atoms with E-state index in [1.807, 2.05) is 37.4 Å². The van der Waals surface area contributed by atoms with E-state index in [2.05, 4.69) is 16.1 Å². The van der Waals surface area contributed by atoms with Gasteiger partial charge in [0.1, 0.15) is 0 Å². The molecular weight excluding hydrogens is 393 g/mol. The molecule has 1 aliphatic carbocycles. The summed E-state index contributed by atoms with van der Waals surface area (Å²) in [6, 6.07) is 12.0. The molecule has 0 bridgehead atoms. The monoisotopic (exact) mass is 413 g/mol. The average molecular weight is 414 g/mol. The Balaban J connectivity index is 1.97. The third-order valence-corrected chi connectivity index (χ3v) is 6.10. The number of hydrogen-bond acceptors (Lipinski definition) is 3. The van der Waals surface area contributed by atoms with Gasteiger partial charge < -0.3 is 5.32 Å². The Morgan fingerprint density at radius 1 is 1.08 bits per heavy atom. The van der Waals surface area contributed by atoms with E-state index in [0.717, 1.165) is 24.0 Å². The van der Waals surface area contributed by atoms with Gasteiger partial charge in [-0.05, 0) is 54.3 Å². The van der Waals surface area contributed by atoms with Crippen LogP contribution in [0.3, 0.4) is 0 Å². The van der Waals surface area contributed by atoms with E-state index in [4.69, 9.17) is 28.3 Å². The summed E-state index contributed by atoms with van der Waals surface area (Å²) in [6.07, 6.45) is 1.96. The van der Waals surface area contributed by atoms with Crippen molar-refractivity contribution in [3.8, 4) is 0 Å². The van der Waals surface area contributed by atoms with Crippen molar-refractivity contribution in [2.24, 2.45) is 5.14 Å². The first-order valence-corrected chi connectivity index (χ1v) is 10.6. The second-order valence-electron chi connectivity index (χ2n) is 6.47. The molecule has 26 heavy (non-hydrogen) atoms. The summed E-state index contributed by atoms with van der Waals surface area (Å²) in [6.45, 7) is 0.167. The summed E-state index contributed by atoms with van der Waals surface area (Å²) < 4.78 is 24.6. The number of nitrogens with one attached hydrogen (secondary N) is 2. The van der Waals surface area contributed by atoms with Crippen LogP contribution in [0, 0.1) is 0 Å². The molecule has 2 atom stereocenters. The molecule has 0 fully saturated rings. The molecule has 0 aliphatic heterocycles. The number of benzene rings is 2. The van der Waals surface area contributed by atoms with Crippen molar-refractivity contribution >= 4 is 33.4 Å². The smallest absolute Gasteiger partial charge is 0.274 e. The molecule has 0 saturated carbocycles. The van der Waals surface area contributed by atoms with Gasteiger partial charge in [0.15, 0.2) is 0 Å². The first kappa shape index (κ1) is 19.6. The van der Waals surface area contributed by atoms with Crippen molar-refractivity contribution in [2.75, 3.05) is 7.05 Å². The molecule has 4 N–H and O–H groups in total. The second-order valence-corrected chi connectivity index (χ2v) is 8.67. The van der Waals surface area contributed by atoms with E-state index in [-0.39, 0.29) is 18.5 Å². The maximum Gasteiger partial charge on any atom is 0.274 e. The summed E-state index contributed by atoms with van der Waals surface area (Å²) in [5.41, 5.74) is 4.38. The normalized spacial score (nSPS) is 20.0. The minimum absolute atomic E-state index is 0.167. The van der Waals surface area contributed by atoms with Gasteiger partial charge in [0.25, 0.3) is 10.2 Å². The van der Waals surface area contributed by atoms with E-state index in [1.54, 1.807) is 0 Å². The summed E-state index contributed by atoms with van der Waals surface area (Å²) in [7, 11) is -1.78. The molecule has 0 aromatic heterocycles. The van der Waals surface area contributed by atoms with Crippen LogP contribution in [0.1, 0.15) is 47.1 Å². The maximum absolute atomic E-state index is 11.1. The lowest BCUT2D eigenvalue weighted by atomic mass is 9.76. The minimum atomic E-state index is -3.72. The fourth-order valence-electron chi connectivity index (χ4n) is 3.56. The summed E-state index contributed by atoms with van der Waals surface area (Å²) in [5, 5.41) is 9.46. The molecule has 140 valence electrons. The highest BCUT2D eigenvalue weighted by Gasteiger charge is 2.28. The van der Waals surface area contributed by atoms with Gasteiger partial charge in [0.2, 0.25) is 0 Å². The summed E-state index contributed by atoms with van der Waals surface area (Å²) in [5.74, 6) is 0.226. The number of halogens is 2. The first-order chi connectivity index (χ1) is 12.3. The Hall–Kier alpha value is -1.15. The van der Waals surface area contributed by atoms with Crippen LogP contribution in [0.15, 0.2) is 36.4 Å². The third kappa shape index (κ3) is 4.39. The largest absolute Gasteiger partial charge is 0.313 e. The minimum Gasteiger partial charge on any atom is -0.313 e. The highest BCUT2D eigenvalue weighted by molar-refractivity contribution is 7.87. The van der Waals surface area contributed by atoms with Gasteiger partial charge in [-0.1, -0.05) is 47.5 Å². The second kappa shape index (κ2) is 7.84. The van der Waals surface area contributed by atoms with E-state index in [9.17, 15) is 8.42 Å². The van der Waals surface area contributed by atoms with Gasteiger partial charge in [-0.25, -0.2) is 5.14 Å². The van der Waals surface area contributed by atoms with Crippen LogP contribution in [0.4, 0.5) is 0 Å². The molecular formula is C18H21Cl2N3O2S. The number of rotatable bonds is 5. The van der Waals surface area contributed by atoms with Crippen LogP contribution in [0.2, 0.25) is 10.0 Å². The van der Waals surface area contributed by atoms with E-state index >= 15 is 0 Å². The Morgan fingerprint density at radius 3 is 2.50 bits per heavy atom. The molecule has 1 aliphatic rings. The van der Waals surface area contributed by atoms with Crippen molar-refractivity contribution < 1.29 is 8.42 Å². The molecule has 2 aromatic rings. The van der Waals surface area contributed by atoms with E-state index in [0.29, 0.717) is 10.0 Å². The number of hydrogen-bond donors (Lipinski definition) is 3. The molecule has 3 rings (SSSR count). The lowest BCUT2D eigenvalue weighted by Gasteiger charge is -2.32. The van der Waals surface area contributed by atoms with Crippen molar-refractivity contribution in [2.45, 2.75) is 31.3 Å². The van der Waals surface area contributed by atoms with Crippen LogP contribution in [0.5, 0.6) is 0 Å². The van der Waals surface area contributed by atoms with Crippen LogP contribution in [-0.4, -0.2) is 15.5 Å². The van der Waals surface area contributed by atoms with Crippen molar-refractivity contribution in [3.05, 3.63) is 68.7 Å². The molecule has 0 unspecified atom stereocenters. The molecule has 2 aromatic carbocycles. The van der Waals surface area contributed by atoms with Crippen molar-refractivity contribution in [1.82, 2.24) is 10.0 Å². The lowest BCUT2D eigenvalue weighted by Crippen LogP contribution is -2.30. The zero-order chi connectivity index (χ0) is 18.9. The molecule has 5 nitrogen and oxygen atoms in total.